The summed E-state index contributed by atoms with van der Waals surface area (Å²) in [6, 6.07) is 31.3. The van der Waals surface area contributed by atoms with E-state index in [-0.39, 0.29) is 13.3 Å². The molecule has 3 aromatic carbocycles. The summed E-state index contributed by atoms with van der Waals surface area (Å²) in [5.74, 6) is 0.665. The van der Waals surface area contributed by atoms with E-state index in [1.165, 1.54) is 45.8 Å². The molecule has 4 aromatic rings. The molecule has 0 radical (unpaired) electrons. The van der Waals surface area contributed by atoms with E-state index in [1.54, 1.807) is 0 Å². The largest absolute Gasteiger partial charge is 0.268 e. The van der Waals surface area contributed by atoms with Gasteiger partial charge in [-0.1, -0.05) is 106 Å². The van der Waals surface area contributed by atoms with Crippen molar-refractivity contribution in [2.24, 2.45) is 5.41 Å². The fourth-order valence-corrected chi connectivity index (χ4v) is 8.97. The zero-order valence-electron chi connectivity index (χ0n) is 21.1. The molecule has 3 heteroatoms. The molecule has 178 valence electrons. The summed E-state index contributed by atoms with van der Waals surface area (Å²) in [5.41, 5.74) is 6.22. The Balaban J connectivity index is 1.19. The second-order valence-corrected chi connectivity index (χ2v) is 13.5. The van der Waals surface area contributed by atoms with Crippen LogP contribution >= 0.6 is 7.92 Å². The van der Waals surface area contributed by atoms with Gasteiger partial charge in [0.1, 0.15) is 0 Å². The number of benzene rings is 3. The van der Waals surface area contributed by atoms with Crippen LogP contribution in [0.2, 0.25) is 0 Å². The SMILES string of the molecule is CC1(C)[C@@H]2CC[C@@]1(C)c1nn(Cc3cccc(CCP(c4ccccc4)c4ccccc4)c3)cc12. The molecule has 2 bridgehead atoms. The Labute approximate surface area is 211 Å². The molecule has 2 aliphatic rings. The van der Waals surface area contributed by atoms with Crippen LogP contribution in [0.4, 0.5) is 0 Å². The van der Waals surface area contributed by atoms with Crippen LogP contribution in [0.5, 0.6) is 0 Å². The predicted octanol–water partition coefficient (Wildman–Crippen LogP) is 6.78. The van der Waals surface area contributed by atoms with Crippen LogP contribution in [-0.2, 0) is 18.4 Å². The van der Waals surface area contributed by atoms with Gasteiger partial charge in [-0.15, -0.1) is 0 Å². The molecule has 2 aliphatic carbocycles. The van der Waals surface area contributed by atoms with E-state index in [4.69, 9.17) is 5.10 Å². The third kappa shape index (κ3) is 3.87. The highest BCUT2D eigenvalue weighted by atomic mass is 31.1. The second-order valence-electron chi connectivity index (χ2n) is 11.2. The third-order valence-corrected chi connectivity index (χ3v) is 11.5. The summed E-state index contributed by atoms with van der Waals surface area (Å²) < 4.78 is 2.20. The van der Waals surface area contributed by atoms with Gasteiger partial charge in [-0.05, 0) is 72.0 Å². The van der Waals surface area contributed by atoms with E-state index in [9.17, 15) is 0 Å². The van der Waals surface area contributed by atoms with Crippen LogP contribution in [0.3, 0.4) is 0 Å². The van der Waals surface area contributed by atoms with Crippen LogP contribution in [-0.4, -0.2) is 15.9 Å². The molecule has 2 nitrogen and oxygen atoms in total. The van der Waals surface area contributed by atoms with E-state index >= 15 is 0 Å². The van der Waals surface area contributed by atoms with E-state index in [0.29, 0.717) is 11.3 Å². The quantitative estimate of drug-likeness (QED) is 0.268. The molecular weight excluding hydrogens is 443 g/mol. The molecule has 1 aromatic heterocycles. The second kappa shape index (κ2) is 8.75. The maximum Gasteiger partial charge on any atom is 0.0724 e. The molecule has 6 rings (SSSR count). The third-order valence-electron chi connectivity index (χ3n) is 9.01. The number of nitrogens with zero attached hydrogens (tertiary/aromatic N) is 2. The van der Waals surface area contributed by atoms with Gasteiger partial charge in [0.15, 0.2) is 0 Å². The lowest BCUT2D eigenvalue weighted by atomic mass is 9.70. The van der Waals surface area contributed by atoms with E-state index in [0.717, 1.165) is 19.1 Å². The Hall–Kier alpha value is -2.70. The predicted molar refractivity (Wildman–Crippen MR) is 149 cm³/mol. The molecule has 0 amide bonds. The average molecular weight is 479 g/mol. The van der Waals surface area contributed by atoms with Gasteiger partial charge in [-0.25, -0.2) is 0 Å². The number of rotatable bonds is 7. The Morgan fingerprint density at radius 2 is 1.51 bits per heavy atom. The average Bonchev–Trinajstić information content (AvgIpc) is 3.44. The lowest BCUT2D eigenvalue weighted by molar-refractivity contribution is 0.223. The summed E-state index contributed by atoms with van der Waals surface area (Å²) in [7, 11) is -0.364. The van der Waals surface area contributed by atoms with Gasteiger partial charge in [-0.2, -0.15) is 5.10 Å². The number of fused-ring (bicyclic) bond motifs is 5. The molecule has 0 aliphatic heterocycles. The normalized spacial score (nSPS) is 22.0. The minimum atomic E-state index is -0.364. The molecule has 1 fully saturated rings. The number of hydrogen-bond donors (Lipinski definition) is 0. The first-order valence-electron chi connectivity index (χ1n) is 13.0. The van der Waals surface area contributed by atoms with Crippen LogP contribution in [0, 0.1) is 5.41 Å². The highest BCUT2D eigenvalue weighted by Crippen LogP contribution is 2.67. The van der Waals surface area contributed by atoms with Crippen molar-refractivity contribution >= 4 is 18.5 Å². The van der Waals surface area contributed by atoms with Gasteiger partial charge in [0, 0.05) is 11.6 Å². The summed E-state index contributed by atoms with van der Waals surface area (Å²) in [4.78, 5) is 0. The minimum Gasteiger partial charge on any atom is -0.268 e. The highest BCUT2D eigenvalue weighted by Gasteiger charge is 2.61. The van der Waals surface area contributed by atoms with Crippen molar-refractivity contribution in [3.8, 4) is 0 Å². The van der Waals surface area contributed by atoms with Crippen molar-refractivity contribution < 1.29 is 0 Å². The standard InChI is InChI=1S/C32H35N2P/c1-31(2)29-17-19-32(31,3)30-28(29)23-34(33-30)22-25-12-10-11-24(21-25)18-20-35(26-13-6-4-7-14-26)27-15-8-5-9-16-27/h4-16,21,23,29H,17-20,22H2,1-3H3/t29-,32+/m1/s1. The van der Waals surface area contributed by atoms with Crippen molar-refractivity contribution in [3.05, 3.63) is 114 Å². The Bertz CT molecular complexity index is 1280. The Morgan fingerprint density at radius 1 is 0.857 bits per heavy atom. The first kappa shape index (κ1) is 22.7. The summed E-state index contributed by atoms with van der Waals surface area (Å²) in [5, 5.41) is 8.06. The fourth-order valence-electron chi connectivity index (χ4n) is 6.60. The van der Waals surface area contributed by atoms with Crippen molar-refractivity contribution in [2.45, 2.75) is 57.9 Å². The van der Waals surface area contributed by atoms with Crippen molar-refractivity contribution in [3.63, 3.8) is 0 Å². The van der Waals surface area contributed by atoms with Gasteiger partial charge in [0.05, 0.1) is 12.2 Å². The fraction of sp³-hybridized carbons (Fsp3) is 0.344. The zero-order valence-corrected chi connectivity index (χ0v) is 22.0. The molecular formula is C32H35N2P. The molecule has 0 unspecified atom stereocenters. The lowest BCUT2D eigenvalue weighted by Crippen LogP contribution is -2.32. The summed E-state index contributed by atoms with van der Waals surface area (Å²) in [6.07, 6.45) is 7.19. The number of hydrogen-bond acceptors (Lipinski definition) is 1. The molecule has 0 N–H and O–H groups in total. The Morgan fingerprint density at radius 3 is 2.17 bits per heavy atom. The van der Waals surface area contributed by atoms with Crippen LogP contribution in [0.15, 0.2) is 91.1 Å². The summed E-state index contributed by atoms with van der Waals surface area (Å²) in [6.45, 7) is 8.18. The first-order chi connectivity index (χ1) is 17.0. The first-order valence-corrected chi connectivity index (χ1v) is 14.5. The number of aryl methyl sites for hydroxylation is 1. The number of aromatic nitrogens is 2. The van der Waals surface area contributed by atoms with Crippen molar-refractivity contribution in [2.75, 3.05) is 6.16 Å². The van der Waals surface area contributed by atoms with Gasteiger partial charge < -0.3 is 0 Å². The zero-order chi connectivity index (χ0) is 24.0. The van der Waals surface area contributed by atoms with E-state index in [2.05, 4.69) is 117 Å². The van der Waals surface area contributed by atoms with E-state index in [1.807, 2.05) is 0 Å². The monoisotopic (exact) mass is 478 g/mol. The van der Waals surface area contributed by atoms with Gasteiger partial charge in [0.25, 0.3) is 0 Å². The van der Waals surface area contributed by atoms with Crippen molar-refractivity contribution in [1.82, 2.24) is 9.78 Å². The molecule has 35 heavy (non-hydrogen) atoms. The van der Waals surface area contributed by atoms with Crippen LogP contribution < -0.4 is 10.6 Å². The summed E-state index contributed by atoms with van der Waals surface area (Å²) >= 11 is 0. The Kier molecular flexibility index (Phi) is 5.69. The highest BCUT2D eigenvalue weighted by molar-refractivity contribution is 7.73. The van der Waals surface area contributed by atoms with Crippen molar-refractivity contribution in [1.29, 1.82) is 0 Å². The lowest BCUT2D eigenvalue weighted by Gasteiger charge is -2.34. The smallest absolute Gasteiger partial charge is 0.0724 e. The molecule has 0 saturated heterocycles. The maximum atomic E-state index is 5.14. The maximum absolute atomic E-state index is 5.14. The van der Waals surface area contributed by atoms with Crippen LogP contribution in [0.25, 0.3) is 0 Å². The molecule has 1 heterocycles. The van der Waals surface area contributed by atoms with Crippen LogP contribution in [0.1, 0.15) is 61.9 Å². The minimum absolute atomic E-state index is 0.228. The van der Waals surface area contributed by atoms with Gasteiger partial charge in [0.2, 0.25) is 0 Å². The van der Waals surface area contributed by atoms with E-state index < -0.39 is 0 Å². The van der Waals surface area contributed by atoms with Gasteiger partial charge in [-0.3, -0.25) is 4.68 Å². The molecule has 0 spiro atoms. The molecule has 2 atom stereocenters. The topological polar surface area (TPSA) is 17.8 Å². The molecule has 1 saturated carbocycles. The van der Waals surface area contributed by atoms with Gasteiger partial charge >= 0.3 is 0 Å².